The third kappa shape index (κ3) is 8.01. The SMILES string of the molecule is CC(=O)Nc1ccc(NC(=O)C(C)Sc2cccc(NC(=O)COc3ccccc3)c2)cc1. The van der Waals surface area contributed by atoms with Gasteiger partial charge in [0.25, 0.3) is 5.91 Å². The van der Waals surface area contributed by atoms with Crippen LogP contribution in [0.4, 0.5) is 17.1 Å². The van der Waals surface area contributed by atoms with Gasteiger partial charge in [0.15, 0.2) is 6.61 Å². The Morgan fingerprint density at radius 2 is 1.48 bits per heavy atom. The van der Waals surface area contributed by atoms with E-state index in [1.807, 2.05) is 43.3 Å². The highest BCUT2D eigenvalue weighted by Gasteiger charge is 2.15. The zero-order valence-corrected chi connectivity index (χ0v) is 19.1. The third-order valence-corrected chi connectivity index (χ3v) is 5.48. The topological polar surface area (TPSA) is 96.5 Å². The molecule has 7 nitrogen and oxygen atoms in total. The summed E-state index contributed by atoms with van der Waals surface area (Å²) in [6.07, 6.45) is 0. The van der Waals surface area contributed by atoms with Crippen LogP contribution in [-0.2, 0) is 14.4 Å². The molecule has 0 heterocycles. The predicted octanol–water partition coefficient (Wildman–Crippen LogP) is 4.78. The van der Waals surface area contributed by atoms with Gasteiger partial charge in [0.05, 0.1) is 5.25 Å². The molecule has 3 amide bonds. The van der Waals surface area contributed by atoms with Gasteiger partial charge in [0.2, 0.25) is 11.8 Å². The number of benzene rings is 3. The van der Waals surface area contributed by atoms with E-state index in [4.69, 9.17) is 4.74 Å². The maximum absolute atomic E-state index is 12.6. The van der Waals surface area contributed by atoms with Crippen molar-refractivity contribution in [2.24, 2.45) is 0 Å². The molecule has 0 spiro atoms. The van der Waals surface area contributed by atoms with Crippen LogP contribution in [0, 0.1) is 0 Å². The molecule has 3 rings (SSSR count). The maximum atomic E-state index is 12.6. The number of amides is 3. The summed E-state index contributed by atoms with van der Waals surface area (Å²) in [5.74, 6) is 0.0491. The molecule has 33 heavy (non-hydrogen) atoms. The van der Waals surface area contributed by atoms with Crippen molar-refractivity contribution >= 4 is 46.5 Å². The molecule has 0 aliphatic heterocycles. The molecule has 1 unspecified atom stereocenters. The lowest BCUT2D eigenvalue weighted by molar-refractivity contribution is -0.118. The number of carbonyl (C=O) groups is 3. The fourth-order valence-corrected chi connectivity index (χ4v) is 3.78. The second-order valence-electron chi connectivity index (χ2n) is 7.19. The molecule has 0 aliphatic rings. The Kier molecular flexibility index (Phi) is 8.49. The highest BCUT2D eigenvalue weighted by Crippen LogP contribution is 2.27. The van der Waals surface area contributed by atoms with Crippen LogP contribution in [0.1, 0.15) is 13.8 Å². The van der Waals surface area contributed by atoms with Crippen molar-refractivity contribution in [3.05, 3.63) is 78.9 Å². The van der Waals surface area contributed by atoms with E-state index in [0.29, 0.717) is 22.8 Å². The zero-order valence-electron chi connectivity index (χ0n) is 18.3. The van der Waals surface area contributed by atoms with Gasteiger partial charge in [-0.05, 0) is 61.5 Å². The molecule has 170 valence electrons. The fraction of sp³-hybridized carbons (Fsp3) is 0.160. The average Bonchev–Trinajstić information content (AvgIpc) is 2.79. The van der Waals surface area contributed by atoms with Crippen molar-refractivity contribution in [2.45, 2.75) is 24.0 Å². The molecule has 3 aromatic carbocycles. The highest BCUT2D eigenvalue weighted by atomic mass is 32.2. The maximum Gasteiger partial charge on any atom is 0.262 e. The molecule has 3 aromatic rings. The van der Waals surface area contributed by atoms with Crippen LogP contribution in [0.3, 0.4) is 0 Å². The van der Waals surface area contributed by atoms with E-state index in [1.165, 1.54) is 18.7 Å². The van der Waals surface area contributed by atoms with Crippen LogP contribution < -0.4 is 20.7 Å². The Bertz CT molecular complexity index is 1100. The largest absolute Gasteiger partial charge is 0.484 e. The Balaban J connectivity index is 1.50. The summed E-state index contributed by atoms with van der Waals surface area (Å²) in [5, 5.41) is 7.98. The van der Waals surface area contributed by atoms with Crippen LogP contribution in [-0.4, -0.2) is 29.6 Å². The first kappa shape index (κ1) is 23.9. The van der Waals surface area contributed by atoms with Crippen LogP contribution >= 0.6 is 11.8 Å². The summed E-state index contributed by atoms with van der Waals surface area (Å²) in [4.78, 5) is 36.7. The van der Waals surface area contributed by atoms with Crippen LogP contribution in [0.25, 0.3) is 0 Å². The third-order valence-electron chi connectivity index (χ3n) is 4.39. The van der Waals surface area contributed by atoms with Crippen LogP contribution in [0.15, 0.2) is 83.8 Å². The molecule has 1 atom stereocenters. The van der Waals surface area contributed by atoms with Crippen molar-refractivity contribution in [2.75, 3.05) is 22.6 Å². The first-order valence-electron chi connectivity index (χ1n) is 10.3. The molecule has 0 saturated heterocycles. The normalized spacial score (nSPS) is 11.2. The second-order valence-corrected chi connectivity index (χ2v) is 8.60. The van der Waals surface area contributed by atoms with E-state index in [2.05, 4.69) is 16.0 Å². The second kappa shape index (κ2) is 11.7. The van der Waals surface area contributed by atoms with Gasteiger partial charge in [0.1, 0.15) is 5.75 Å². The van der Waals surface area contributed by atoms with Crippen LogP contribution in [0.5, 0.6) is 5.75 Å². The Labute approximate surface area is 196 Å². The number of rotatable bonds is 9. The van der Waals surface area contributed by atoms with Gasteiger partial charge in [-0.2, -0.15) is 0 Å². The van der Waals surface area contributed by atoms with E-state index in [-0.39, 0.29) is 29.6 Å². The van der Waals surface area contributed by atoms with Crippen molar-refractivity contribution in [3.63, 3.8) is 0 Å². The molecule has 0 fully saturated rings. The quantitative estimate of drug-likeness (QED) is 0.397. The van der Waals surface area contributed by atoms with Crippen molar-refractivity contribution < 1.29 is 19.1 Å². The lowest BCUT2D eigenvalue weighted by Gasteiger charge is -2.13. The Morgan fingerprint density at radius 3 is 2.15 bits per heavy atom. The highest BCUT2D eigenvalue weighted by molar-refractivity contribution is 8.00. The lowest BCUT2D eigenvalue weighted by atomic mass is 10.2. The summed E-state index contributed by atoms with van der Waals surface area (Å²) in [6.45, 7) is 3.15. The van der Waals surface area contributed by atoms with Crippen molar-refractivity contribution in [3.8, 4) is 5.75 Å². The smallest absolute Gasteiger partial charge is 0.262 e. The first-order valence-corrected chi connectivity index (χ1v) is 11.2. The van der Waals surface area contributed by atoms with Gasteiger partial charge in [-0.15, -0.1) is 11.8 Å². The summed E-state index contributed by atoms with van der Waals surface area (Å²) >= 11 is 1.38. The standard InChI is InChI=1S/C25H25N3O4S/c1-17(25(31)28-20-13-11-19(12-14-20)26-18(2)29)33-23-10-6-7-21(15-23)27-24(30)16-32-22-8-4-3-5-9-22/h3-15,17H,16H2,1-2H3,(H,26,29)(H,27,30)(H,28,31). The number of nitrogens with one attached hydrogen (secondary N) is 3. The van der Waals surface area contributed by atoms with Gasteiger partial charge in [0, 0.05) is 28.9 Å². The first-order chi connectivity index (χ1) is 15.9. The van der Waals surface area contributed by atoms with Gasteiger partial charge in [-0.3, -0.25) is 14.4 Å². The summed E-state index contributed by atoms with van der Waals surface area (Å²) in [6, 6.07) is 23.3. The van der Waals surface area contributed by atoms with E-state index in [1.54, 1.807) is 42.5 Å². The minimum atomic E-state index is -0.368. The van der Waals surface area contributed by atoms with E-state index < -0.39 is 0 Å². The molecular weight excluding hydrogens is 438 g/mol. The van der Waals surface area contributed by atoms with E-state index in [9.17, 15) is 14.4 Å². The Morgan fingerprint density at radius 1 is 0.818 bits per heavy atom. The van der Waals surface area contributed by atoms with Crippen molar-refractivity contribution in [1.29, 1.82) is 0 Å². The summed E-state index contributed by atoms with van der Waals surface area (Å²) in [7, 11) is 0. The summed E-state index contributed by atoms with van der Waals surface area (Å²) in [5.41, 5.74) is 1.93. The van der Waals surface area contributed by atoms with Crippen LogP contribution in [0.2, 0.25) is 0 Å². The average molecular weight is 464 g/mol. The molecule has 8 heteroatoms. The Hall–Kier alpha value is -3.78. The number of carbonyl (C=O) groups excluding carboxylic acids is 3. The van der Waals surface area contributed by atoms with E-state index in [0.717, 1.165) is 4.90 Å². The molecule has 0 aliphatic carbocycles. The van der Waals surface area contributed by atoms with E-state index >= 15 is 0 Å². The molecule has 0 aromatic heterocycles. The number of hydrogen-bond acceptors (Lipinski definition) is 5. The number of anilines is 3. The minimum absolute atomic E-state index is 0.0963. The summed E-state index contributed by atoms with van der Waals surface area (Å²) < 4.78 is 5.46. The van der Waals surface area contributed by atoms with Crippen molar-refractivity contribution in [1.82, 2.24) is 0 Å². The van der Waals surface area contributed by atoms with Gasteiger partial charge < -0.3 is 20.7 Å². The lowest BCUT2D eigenvalue weighted by Crippen LogP contribution is -2.22. The molecular formula is C25H25N3O4S. The minimum Gasteiger partial charge on any atom is -0.484 e. The molecule has 3 N–H and O–H groups in total. The van der Waals surface area contributed by atoms with Gasteiger partial charge >= 0.3 is 0 Å². The number of hydrogen-bond donors (Lipinski definition) is 3. The van der Waals surface area contributed by atoms with Gasteiger partial charge in [-0.1, -0.05) is 24.3 Å². The monoisotopic (exact) mass is 463 g/mol. The number of ether oxygens (including phenoxy) is 1. The predicted molar refractivity (Wildman–Crippen MR) is 132 cm³/mol. The molecule has 0 bridgehead atoms. The fourth-order valence-electron chi connectivity index (χ4n) is 2.85. The molecule has 0 saturated carbocycles. The number of thioether (sulfide) groups is 1. The number of para-hydroxylation sites is 1. The van der Waals surface area contributed by atoms with Gasteiger partial charge in [-0.25, -0.2) is 0 Å². The molecule has 0 radical (unpaired) electrons. The zero-order chi connectivity index (χ0) is 23.6.